The zero-order valence-corrected chi connectivity index (χ0v) is 19.4. The Bertz CT molecular complexity index is 1010. The number of hydrogen-bond acceptors (Lipinski definition) is 6. The maximum absolute atomic E-state index is 13.0. The van der Waals surface area contributed by atoms with Crippen molar-refractivity contribution in [3.8, 4) is 17.2 Å². The fourth-order valence-corrected chi connectivity index (χ4v) is 5.29. The highest BCUT2D eigenvalue weighted by Gasteiger charge is 2.31. The first-order valence-electron chi connectivity index (χ1n) is 8.81. The molecule has 29 heavy (non-hydrogen) atoms. The maximum Gasteiger partial charge on any atom is 0.263 e. The number of methoxy groups -OCH3 is 2. The minimum absolute atomic E-state index is 0.0134. The molecule has 0 amide bonds. The molecule has 1 aliphatic rings. The largest absolute Gasteiger partial charge is 0.493 e. The quantitative estimate of drug-likeness (QED) is 0.590. The molecule has 3 rings (SSSR count). The number of anilines is 1. The number of ether oxygens (including phenoxy) is 3. The van der Waals surface area contributed by atoms with Crippen LogP contribution in [0.25, 0.3) is 0 Å². The van der Waals surface area contributed by atoms with Gasteiger partial charge in [-0.25, -0.2) is 8.42 Å². The van der Waals surface area contributed by atoms with E-state index in [-0.39, 0.29) is 4.90 Å². The highest BCUT2D eigenvalue weighted by Crippen LogP contribution is 2.37. The van der Waals surface area contributed by atoms with E-state index in [1.807, 2.05) is 6.92 Å². The van der Waals surface area contributed by atoms with E-state index >= 15 is 0 Å². The van der Waals surface area contributed by atoms with Crippen LogP contribution < -0.4 is 24.2 Å². The van der Waals surface area contributed by atoms with Crippen LogP contribution in [0.15, 0.2) is 39.7 Å². The molecular weight excluding hydrogens is 484 g/mol. The molecule has 10 heteroatoms. The van der Waals surface area contributed by atoms with Crippen molar-refractivity contribution in [1.29, 1.82) is 0 Å². The van der Waals surface area contributed by atoms with Crippen LogP contribution in [0.3, 0.4) is 0 Å². The normalized spacial score (nSPS) is 19.1. The second-order valence-corrected chi connectivity index (χ2v) is 9.78. The number of nitrogens with one attached hydrogen (secondary N) is 2. The Morgan fingerprint density at radius 3 is 2.45 bits per heavy atom. The standard InChI is InChI=1S/C19H22BrClN2O5S/c1-19(6-7-22-11-19)28-15-8-12(4-5-14(15)21)23-29(24,25)18-10-17(27-3)16(26-2)9-13(18)20/h4-5,8-10,22-23H,6-7,11H2,1-3H3/t19-/m1/s1. The van der Waals surface area contributed by atoms with Crippen LogP contribution in [-0.2, 0) is 10.0 Å². The summed E-state index contributed by atoms with van der Waals surface area (Å²) < 4.78 is 45.3. The number of halogens is 2. The lowest BCUT2D eigenvalue weighted by Gasteiger charge is -2.25. The SMILES string of the molecule is COc1cc(Br)c(S(=O)(=O)Nc2ccc(Cl)c(O[C@]3(C)CCNC3)c2)cc1OC. The molecule has 7 nitrogen and oxygen atoms in total. The van der Waals surface area contributed by atoms with Gasteiger partial charge in [0.1, 0.15) is 16.2 Å². The molecular formula is C19H22BrClN2O5S. The zero-order chi connectivity index (χ0) is 21.2. The Morgan fingerprint density at radius 1 is 1.14 bits per heavy atom. The second-order valence-electron chi connectivity index (χ2n) is 6.87. The van der Waals surface area contributed by atoms with E-state index in [1.54, 1.807) is 18.2 Å². The molecule has 1 fully saturated rings. The third-order valence-electron chi connectivity index (χ3n) is 4.60. The van der Waals surface area contributed by atoms with Crippen LogP contribution in [0.4, 0.5) is 5.69 Å². The fourth-order valence-electron chi connectivity index (χ4n) is 3.04. The first kappa shape index (κ1) is 22.0. The van der Waals surface area contributed by atoms with Crippen LogP contribution in [0.5, 0.6) is 17.2 Å². The van der Waals surface area contributed by atoms with E-state index in [2.05, 4.69) is 26.0 Å². The van der Waals surface area contributed by atoms with Gasteiger partial charge < -0.3 is 19.5 Å². The number of hydrogen-bond donors (Lipinski definition) is 2. The van der Waals surface area contributed by atoms with Gasteiger partial charge in [0, 0.05) is 29.6 Å². The van der Waals surface area contributed by atoms with Gasteiger partial charge >= 0.3 is 0 Å². The molecule has 1 aliphatic heterocycles. The number of benzene rings is 2. The Labute approximate surface area is 183 Å². The van der Waals surface area contributed by atoms with Crippen molar-refractivity contribution < 1.29 is 22.6 Å². The predicted molar refractivity (Wildman–Crippen MR) is 116 cm³/mol. The molecule has 158 valence electrons. The summed E-state index contributed by atoms with van der Waals surface area (Å²) in [5.41, 5.74) is -0.0614. The van der Waals surface area contributed by atoms with Crippen LogP contribution in [0.1, 0.15) is 13.3 Å². The van der Waals surface area contributed by atoms with E-state index in [9.17, 15) is 8.42 Å². The summed E-state index contributed by atoms with van der Waals surface area (Å²) in [4.78, 5) is 0.0134. The Kier molecular flexibility index (Phi) is 6.52. The minimum atomic E-state index is -3.92. The molecule has 0 aliphatic carbocycles. The van der Waals surface area contributed by atoms with Crippen molar-refractivity contribution in [2.75, 3.05) is 32.0 Å². The van der Waals surface area contributed by atoms with Crippen LogP contribution in [0.2, 0.25) is 5.02 Å². The molecule has 0 aromatic heterocycles. The molecule has 1 atom stereocenters. The monoisotopic (exact) mass is 504 g/mol. The molecule has 0 radical (unpaired) electrons. The topological polar surface area (TPSA) is 85.9 Å². The van der Waals surface area contributed by atoms with Gasteiger partial charge in [-0.3, -0.25) is 4.72 Å². The van der Waals surface area contributed by atoms with Gasteiger partial charge in [-0.15, -0.1) is 0 Å². The zero-order valence-electron chi connectivity index (χ0n) is 16.2. The maximum atomic E-state index is 13.0. The Hall–Kier alpha value is -1.68. The van der Waals surface area contributed by atoms with Crippen molar-refractivity contribution in [3.05, 3.63) is 39.8 Å². The Balaban J connectivity index is 1.90. The van der Waals surface area contributed by atoms with E-state index in [4.69, 9.17) is 25.8 Å². The van der Waals surface area contributed by atoms with Gasteiger partial charge in [0.2, 0.25) is 0 Å². The average molecular weight is 506 g/mol. The fraction of sp³-hybridized carbons (Fsp3) is 0.368. The lowest BCUT2D eigenvalue weighted by molar-refractivity contribution is 0.111. The summed E-state index contributed by atoms with van der Waals surface area (Å²) in [6.07, 6.45) is 0.831. The summed E-state index contributed by atoms with van der Waals surface area (Å²) in [6, 6.07) is 7.69. The van der Waals surface area contributed by atoms with Crippen LogP contribution >= 0.6 is 27.5 Å². The van der Waals surface area contributed by atoms with Gasteiger partial charge in [0.15, 0.2) is 11.5 Å². The molecule has 2 aromatic carbocycles. The Morgan fingerprint density at radius 2 is 1.83 bits per heavy atom. The molecule has 0 saturated carbocycles. The highest BCUT2D eigenvalue weighted by atomic mass is 79.9. The molecule has 0 bridgehead atoms. The molecule has 2 aromatic rings. The summed E-state index contributed by atoms with van der Waals surface area (Å²) >= 11 is 9.55. The van der Waals surface area contributed by atoms with E-state index < -0.39 is 15.6 Å². The molecule has 1 heterocycles. The predicted octanol–water partition coefficient (Wildman–Crippen LogP) is 4.05. The first-order valence-corrected chi connectivity index (χ1v) is 11.5. The van der Waals surface area contributed by atoms with E-state index in [1.165, 1.54) is 26.4 Å². The second kappa shape index (κ2) is 8.59. The minimum Gasteiger partial charge on any atom is -0.493 e. The van der Waals surface area contributed by atoms with Crippen molar-refractivity contribution in [2.45, 2.75) is 23.8 Å². The van der Waals surface area contributed by atoms with E-state index in [0.717, 1.165) is 13.0 Å². The summed E-state index contributed by atoms with van der Waals surface area (Å²) in [5, 5.41) is 3.66. The molecule has 2 N–H and O–H groups in total. The average Bonchev–Trinajstić information content (AvgIpc) is 3.09. The third-order valence-corrected chi connectivity index (χ3v) is 7.25. The van der Waals surface area contributed by atoms with E-state index in [0.29, 0.717) is 39.0 Å². The number of sulfonamides is 1. The van der Waals surface area contributed by atoms with Crippen molar-refractivity contribution in [1.82, 2.24) is 5.32 Å². The summed E-state index contributed by atoms with van der Waals surface area (Å²) in [5.74, 6) is 1.14. The van der Waals surface area contributed by atoms with Crippen molar-refractivity contribution in [2.24, 2.45) is 0 Å². The summed E-state index contributed by atoms with van der Waals surface area (Å²) in [7, 11) is -0.997. The van der Waals surface area contributed by atoms with Crippen LogP contribution in [0, 0.1) is 0 Å². The van der Waals surface area contributed by atoms with Gasteiger partial charge in [-0.1, -0.05) is 11.6 Å². The molecule has 0 unspecified atom stereocenters. The van der Waals surface area contributed by atoms with Gasteiger partial charge in [-0.2, -0.15) is 0 Å². The van der Waals surface area contributed by atoms with Gasteiger partial charge in [0.05, 0.1) is 24.9 Å². The lowest BCUT2D eigenvalue weighted by Crippen LogP contribution is -2.34. The molecule has 0 spiro atoms. The third kappa shape index (κ3) is 4.91. The van der Waals surface area contributed by atoms with Crippen molar-refractivity contribution >= 4 is 43.2 Å². The lowest BCUT2D eigenvalue weighted by atomic mass is 10.1. The van der Waals surface area contributed by atoms with Gasteiger partial charge in [0.25, 0.3) is 10.0 Å². The summed E-state index contributed by atoms with van der Waals surface area (Å²) in [6.45, 7) is 3.53. The first-order chi connectivity index (χ1) is 13.7. The van der Waals surface area contributed by atoms with Crippen LogP contribution in [-0.4, -0.2) is 41.3 Å². The van der Waals surface area contributed by atoms with Crippen molar-refractivity contribution in [3.63, 3.8) is 0 Å². The number of rotatable bonds is 7. The molecule has 1 saturated heterocycles. The smallest absolute Gasteiger partial charge is 0.263 e. The highest BCUT2D eigenvalue weighted by molar-refractivity contribution is 9.10. The van der Waals surface area contributed by atoms with Gasteiger partial charge in [-0.05, 0) is 47.6 Å².